The fraction of sp³-hybridized carbons (Fsp3) is 0.462. The molecule has 1 unspecified atom stereocenters. The summed E-state index contributed by atoms with van der Waals surface area (Å²) in [5.74, 6) is 0.244. The number of imidazole rings is 1. The second-order valence-corrected chi connectivity index (χ2v) is 10.5. The maximum Gasteiger partial charge on any atom is 0.242 e. The molecule has 1 amide bonds. The monoisotopic (exact) mass is 499 g/mol. The number of fused-ring (bicyclic) bond motifs is 1. The van der Waals surface area contributed by atoms with Crippen molar-refractivity contribution in [1.82, 2.24) is 19.8 Å². The molecule has 2 atom stereocenters. The van der Waals surface area contributed by atoms with Gasteiger partial charge in [0.05, 0.1) is 28.9 Å². The van der Waals surface area contributed by atoms with Gasteiger partial charge in [-0.2, -0.15) is 0 Å². The Morgan fingerprint density at radius 3 is 2.59 bits per heavy atom. The molecule has 0 radical (unpaired) electrons. The summed E-state index contributed by atoms with van der Waals surface area (Å²) in [6.45, 7) is 8.22. The molecule has 8 heteroatoms. The molecule has 0 spiro atoms. The zero-order valence-electron chi connectivity index (χ0n) is 19.7. The van der Waals surface area contributed by atoms with Crippen molar-refractivity contribution < 1.29 is 4.79 Å². The first-order chi connectivity index (χ1) is 16.4. The Labute approximate surface area is 210 Å². The minimum absolute atomic E-state index is 0.0169. The number of piperidine rings is 1. The van der Waals surface area contributed by atoms with E-state index in [-0.39, 0.29) is 11.9 Å². The molecular formula is C26H31Cl2N5O. The molecule has 1 N–H and O–H groups in total. The number of piperazine rings is 1. The molecule has 2 saturated heterocycles. The summed E-state index contributed by atoms with van der Waals surface area (Å²) in [7, 11) is 0. The zero-order chi connectivity index (χ0) is 23.9. The third kappa shape index (κ3) is 4.39. The van der Waals surface area contributed by atoms with Crippen LogP contribution in [0, 0.1) is 0 Å². The third-order valence-corrected chi connectivity index (χ3v) is 7.97. The van der Waals surface area contributed by atoms with E-state index < -0.39 is 5.54 Å². The van der Waals surface area contributed by atoms with Crippen LogP contribution in [0.2, 0.25) is 10.0 Å². The summed E-state index contributed by atoms with van der Waals surface area (Å²) < 4.78 is 2.16. The van der Waals surface area contributed by atoms with Gasteiger partial charge in [0.2, 0.25) is 5.91 Å². The quantitative estimate of drug-likeness (QED) is 0.540. The topological polar surface area (TPSA) is 53.4 Å². The second-order valence-electron chi connectivity index (χ2n) is 9.66. The first-order valence-electron chi connectivity index (χ1n) is 12.1. The molecule has 0 aliphatic carbocycles. The number of anilines is 1. The summed E-state index contributed by atoms with van der Waals surface area (Å²) in [5.41, 5.74) is 3.76. The standard InChI is InChI=1S/C26H31Cl2N5O/c1-18(21-7-5-19(27)15-22(21)28)33-17-29-23-8-6-20(16-24(23)33)31-11-13-32(14-12-31)25(34)26(2)9-3-4-10-30-26/h5-8,15-18,30H,3-4,9-14H2,1-2H3/t18-,26?/m1/s1. The number of nitrogens with zero attached hydrogens (tertiary/aromatic N) is 4. The minimum Gasteiger partial charge on any atom is -0.368 e. The summed E-state index contributed by atoms with van der Waals surface area (Å²) in [4.78, 5) is 22.2. The molecule has 1 aromatic heterocycles. The molecule has 0 bridgehead atoms. The smallest absolute Gasteiger partial charge is 0.242 e. The van der Waals surface area contributed by atoms with E-state index in [0.717, 1.165) is 74.3 Å². The van der Waals surface area contributed by atoms with Gasteiger partial charge in [0.1, 0.15) is 0 Å². The Balaban J connectivity index is 1.33. The van der Waals surface area contributed by atoms with Crippen LogP contribution in [0.25, 0.3) is 11.0 Å². The lowest BCUT2D eigenvalue weighted by molar-refractivity contribution is -0.139. The number of halogens is 2. The van der Waals surface area contributed by atoms with Gasteiger partial charge >= 0.3 is 0 Å². The van der Waals surface area contributed by atoms with Crippen LogP contribution in [0.3, 0.4) is 0 Å². The van der Waals surface area contributed by atoms with E-state index in [1.54, 1.807) is 6.07 Å². The Morgan fingerprint density at radius 2 is 1.88 bits per heavy atom. The first kappa shape index (κ1) is 23.5. The number of carbonyl (C=O) groups is 1. The van der Waals surface area contributed by atoms with Gasteiger partial charge in [-0.1, -0.05) is 29.3 Å². The number of rotatable bonds is 4. The Kier molecular flexibility index (Phi) is 6.49. The number of nitrogens with one attached hydrogen (secondary N) is 1. The maximum absolute atomic E-state index is 13.2. The van der Waals surface area contributed by atoms with Crippen LogP contribution in [0.4, 0.5) is 5.69 Å². The van der Waals surface area contributed by atoms with Crippen molar-refractivity contribution in [2.45, 2.75) is 44.7 Å². The van der Waals surface area contributed by atoms with E-state index in [4.69, 9.17) is 23.2 Å². The van der Waals surface area contributed by atoms with E-state index in [0.29, 0.717) is 10.0 Å². The molecule has 34 heavy (non-hydrogen) atoms. The number of hydrogen-bond acceptors (Lipinski definition) is 4. The summed E-state index contributed by atoms with van der Waals surface area (Å²) in [6, 6.07) is 12.0. The van der Waals surface area contributed by atoms with Gasteiger partial charge in [-0.15, -0.1) is 0 Å². The molecule has 3 heterocycles. The van der Waals surface area contributed by atoms with Crippen LogP contribution in [0.1, 0.15) is 44.7 Å². The van der Waals surface area contributed by atoms with Crippen LogP contribution in [-0.2, 0) is 4.79 Å². The van der Waals surface area contributed by atoms with Gasteiger partial charge < -0.3 is 19.7 Å². The van der Waals surface area contributed by atoms with Gasteiger partial charge in [-0.25, -0.2) is 4.98 Å². The van der Waals surface area contributed by atoms with Crippen molar-refractivity contribution in [3.63, 3.8) is 0 Å². The highest BCUT2D eigenvalue weighted by atomic mass is 35.5. The van der Waals surface area contributed by atoms with Gasteiger partial charge in [0.15, 0.2) is 0 Å². The van der Waals surface area contributed by atoms with E-state index in [1.165, 1.54) is 0 Å². The van der Waals surface area contributed by atoms with Crippen LogP contribution in [0.15, 0.2) is 42.7 Å². The molecule has 3 aromatic rings. The SMILES string of the molecule is C[C@H](c1ccc(Cl)cc1Cl)n1cnc2ccc(N3CCN(C(=O)C4(C)CCCCN4)CC3)cc21. The number of benzene rings is 2. The van der Waals surface area contributed by atoms with Gasteiger partial charge in [-0.3, -0.25) is 4.79 Å². The fourth-order valence-electron chi connectivity index (χ4n) is 5.27. The van der Waals surface area contributed by atoms with Crippen molar-refractivity contribution >= 4 is 45.8 Å². The molecule has 2 aromatic carbocycles. The van der Waals surface area contributed by atoms with Crippen molar-refractivity contribution in [2.24, 2.45) is 0 Å². The minimum atomic E-state index is -0.412. The lowest BCUT2D eigenvalue weighted by Crippen LogP contribution is -2.61. The first-order valence-corrected chi connectivity index (χ1v) is 12.8. The van der Waals surface area contributed by atoms with Gasteiger partial charge in [-0.05, 0) is 75.5 Å². The van der Waals surface area contributed by atoms with E-state index in [1.807, 2.05) is 23.4 Å². The Hall–Kier alpha value is -2.28. The molecule has 2 fully saturated rings. The summed E-state index contributed by atoms with van der Waals surface area (Å²) in [6.07, 6.45) is 5.06. The highest BCUT2D eigenvalue weighted by Gasteiger charge is 2.38. The van der Waals surface area contributed by atoms with Crippen molar-refractivity contribution in [3.05, 3.63) is 58.3 Å². The molecule has 5 rings (SSSR count). The lowest BCUT2D eigenvalue weighted by atomic mass is 9.89. The number of carbonyl (C=O) groups excluding carboxylic acids is 1. The average molecular weight is 500 g/mol. The maximum atomic E-state index is 13.2. The van der Waals surface area contributed by atoms with E-state index in [9.17, 15) is 4.79 Å². The van der Waals surface area contributed by atoms with Crippen LogP contribution in [-0.4, -0.2) is 58.6 Å². The summed E-state index contributed by atoms with van der Waals surface area (Å²) >= 11 is 12.6. The Bertz CT molecular complexity index is 1200. The molecule has 0 saturated carbocycles. The molecule has 2 aliphatic rings. The largest absolute Gasteiger partial charge is 0.368 e. The number of amides is 1. The van der Waals surface area contributed by atoms with Crippen molar-refractivity contribution in [1.29, 1.82) is 0 Å². The van der Waals surface area contributed by atoms with Gasteiger partial charge in [0, 0.05) is 41.9 Å². The highest BCUT2D eigenvalue weighted by Crippen LogP contribution is 2.32. The van der Waals surface area contributed by atoms with Crippen LogP contribution in [0.5, 0.6) is 0 Å². The molecule has 2 aliphatic heterocycles. The average Bonchev–Trinajstić information content (AvgIpc) is 3.27. The molecule has 6 nitrogen and oxygen atoms in total. The number of aromatic nitrogens is 2. The van der Waals surface area contributed by atoms with Crippen LogP contribution >= 0.6 is 23.2 Å². The predicted molar refractivity (Wildman–Crippen MR) is 139 cm³/mol. The lowest BCUT2D eigenvalue weighted by Gasteiger charge is -2.42. The zero-order valence-corrected chi connectivity index (χ0v) is 21.2. The highest BCUT2D eigenvalue weighted by molar-refractivity contribution is 6.35. The van der Waals surface area contributed by atoms with E-state index >= 15 is 0 Å². The van der Waals surface area contributed by atoms with Crippen molar-refractivity contribution in [3.8, 4) is 0 Å². The number of hydrogen-bond donors (Lipinski definition) is 1. The molecule has 180 valence electrons. The summed E-state index contributed by atoms with van der Waals surface area (Å²) in [5, 5.41) is 4.74. The van der Waals surface area contributed by atoms with Crippen molar-refractivity contribution in [2.75, 3.05) is 37.6 Å². The molecular weight excluding hydrogens is 469 g/mol. The Morgan fingerprint density at radius 1 is 1.09 bits per heavy atom. The normalized spacial score (nSPS) is 22.2. The van der Waals surface area contributed by atoms with Crippen LogP contribution < -0.4 is 10.2 Å². The fourth-order valence-corrected chi connectivity index (χ4v) is 5.83. The second kappa shape index (κ2) is 9.40. The third-order valence-electron chi connectivity index (χ3n) is 7.41. The van der Waals surface area contributed by atoms with Gasteiger partial charge in [0.25, 0.3) is 0 Å². The van der Waals surface area contributed by atoms with E-state index in [2.05, 4.69) is 51.8 Å². The predicted octanol–water partition coefficient (Wildman–Crippen LogP) is 5.13.